The molecule has 0 spiro atoms. The lowest BCUT2D eigenvalue weighted by Crippen LogP contribution is -2.60. The second-order valence-corrected chi connectivity index (χ2v) is 17.3. The minimum atomic E-state index is -1.41. The SMILES string of the molecule is CC(C)C[C@H](NC(=O)[C@H](CC=O)N(C)C(=O)[C@H](CC1CCCCC1)NC(=O)[C@H](CCC(N)=O)NC(=O)/C=C/c1cccnc1)C(=O)N1CCC[C@H]1C(=O)N[C@@H](Cc1ccccc1)C(=O)O. The summed E-state index contributed by atoms with van der Waals surface area (Å²) in [5, 5.41) is 20.6. The second-order valence-electron chi connectivity index (χ2n) is 17.3. The van der Waals surface area contributed by atoms with Crippen LogP contribution in [0.15, 0.2) is 60.9 Å². The summed E-state index contributed by atoms with van der Waals surface area (Å²) in [4.78, 5) is 126. The van der Waals surface area contributed by atoms with Crippen LogP contribution in [0, 0.1) is 11.8 Å². The number of aliphatic carboxylic acids is 1. The van der Waals surface area contributed by atoms with Gasteiger partial charge in [-0.05, 0) is 67.2 Å². The number of nitrogens with two attached hydrogens (primary N) is 1. The molecule has 0 radical (unpaired) electrons. The Morgan fingerprint density at radius 2 is 1.57 bits per heavy atom. The molecule has 2 fully saturated rings. The average Bonchev–Trinajstić information content (AvgIpc) is 3.79. The van der Waals surface area contributed by atoms with E-state index in [9.17, 15) is 48.3 Å². The van der Waals surface area contributed by atoms with E-state index in [2.05, 4.69) is 26.3 Å². The minimum Gasteiger partial charge on any atom is -0.480 e. The highest BCUT2D eigenvalue weighted by Gasteiger charge is 2.41. The molecule has 65 heavy (non-hydrogen) atoms. The first kappa shape index (κ1) is 51.2. The van der Waals surface area contributed by atoms with Crippen molar-refractivity contribution in [3.8, 4) is 0 Å². The monoisotopic (exact) mass is 900 g/mol. The number of carbonyl (C=O) groups is 9. The van der Waals surface area contributed by atoms with Gasteiger partial charge in [-0.1, -0.05) is 82.3 Å². The number of aldehydes is 1. The van der Waals surface area contributed by atoms with E-state index in [-0.39, 0.29) is 56.9 Å². The number of pyridine rings is 1. The smallest absolute Gasteiger partial charge is 0.326 e. The van der Waals surface area contributed by atoms with E-state index in [0.717, 1.165) is 37.0 Å². The molecule has 7 amide bonds. The van der Waals surface area contributed by atoms with Crippen LogP contribution < -0.4 is 27.0 Å². The topological polar surface area (TPSA) is 267 Å². The van der Waals surface area contributed by atoms with Gasteiger partial charge in [-0.15, -0.1) is 0 Å². The van der Waals surface area contributed by atoms with Gasteiger partial charge >= 0.3 is 5.97 Å². The Labute approximate surface area is 379 Å². The van der Waals surface area contributed by atoms with E-state index in [1.807, 2.05) is 13.8 Å². The van der Waals surface area contributed by atoms with E-state index in [1.165, 1.54) is 30.3 Å². The van der Waals surface area contributed by atoms with Crippen molar-refractivity contribution >= 4 is 59.7 Å². The molecule has 1 aliphatic carbocycles. The number of hydrogen-bond donors (Lipinski definition) is 6. The first-order valence-corrected chi connectivity index (χ1v) is 22.4. The lowest BCUT2D eigenvalue weighted by molar-refractivity contribution is -0.146. The molecule has 2 heterocycles. The Morgan fingerprint density at radius 1 is 0.862 bits per heavy atom. The maximum absolute atomic E-state index is 14.5. The van der Waals surface area contributed by atoms with Crippen molar-refractivity contribution < 1.29 is 48.3 Å². The van der Waals surface area contributed by atoms with E-state index < -0.39 is 90.0 Å². The molecular weight excluding hydrogens is 837 g/mol. The number of aromatic nitrogens is 1. The van der Waals surface area contributed by atoms with Crippen LogP contribution in [0.5, 0.6) is 0 Å². The highest BCUT2D eigenvalue weighted by molar-refractivity contribution is 5.99. The standard InChI is InChI=1S/C47H64N8O10/c1-30(2)26-35(46(63)55-24-11-17-39(55)44(61)53-37(47(64)65)28-32-14-8-5-9-15-32)52-43(60)38(22-25-56)54(3)45(62)36(27-31-12-6-4-7-13-31)51-42(59)34(19-20-40(48)57)50-41(58)21-18-33-16-10-23-49-29-33/h5,8-10,14-16,18,21,23,25,29-31,34-39H,4,6-7,11-13,17,19-20,22,24,26-28H2,1-3H3,(H2,48,57)(H,50,58)(H,51,59)(H,52,60)(H,53,61)(H,64,65)/b21-18+/t34-,35-,36-,37-,38-,39-/m0/s1. The second kappa shape index (κ2) is 25.7. The summed E-state index contributed by atoms with van der Waals surface area (Å²) < 4.78 is 0. The van der Waals surface area contributed by atoms with Crippen molar-refractivity contribution in [2.75, 3.05) is 13.6 Å². The number of carbonyl (C=O) groups excluding carboxylic acids is 8. The fourth-order valence-electron chi connectivity index (χ4n) is 8.39. The number of carboxylic acids is 1. The third-order valence-electron chi connectivity index (χ3n) is 11.8. The van der Waals surface area contributed by atoms with Gasteiger partial charge < -0.3 is 46.7 Å². The zero-order valence-corrected chi connectivity index (χ0v) is 37.5. The Balaban J connectivity index is 1.53. The normalized spacial score (nSPS) is 17.5. The van der Waals surface area contributed by atoms with Gasteiger partial charge in [0.2, 0.25) is 41.4 Å². The van der Waals surface area contributed by atoms with Crippen molar-refractivity contribution in [2.45, 2.75) is 134 Å². The molecule has 1 aliphatic heterocycles. The van der Waals surface area contributed by atoms with Crippen molar-refractivity contribution in [1.29, 1.82) is 0 Å². The number of amides is 7. The molecule has 18 nitrogen and oxygen atoms in total. The van der Waals surface area contributed by atoms with E-state index in [1.54, 1.807) is 48.7 Å². The zero-order chi connectivity index (χ0) is 47.5. The lowest BCUT2D eigenvalue weighted by atomic mass is 9.84. The molecule has 7 N–H and O–H groups in total. The van der Waals surface area contributed by atoms with Gasteiger partial charge in [0.25, 0.3) is 0 Å². The molecule has 1 saturated heterocycles. The third-order valence-corrected chi connectivity index (χ3v) is 11.8. The van der Waals surface area contributed by atoms with Gasteiger partial charge in [-0.3, -0.25) is 38.5 Å². The Kier molecular flexibility index (Phi) is 20.3. The summed E-state index contributed by atoms with van der Waals surface area (Å²) in [6, 6.07) is 4.92. The fourth-order valence-corrected chi connectivity index (χ4v) is 8.39. The lowest BCUT2D eigenvalue weighted by Gasteiger charge is -2.34. The van der Waals surface area contributed by atoms with Crippen molar-refractivity contribution in [3.05, 3.63) is 72.1 Å². The number of nitrogens with one attached hydrogen (secondary N) is 4. The number of likely N-dealkylation sites (N-methyl/N-ethyl adjacent to an activating group) is 1. The van der Waals surface area contributed by atoms with Gasteiger partial charge in [0.1, 0.15) is 42.5 Å². The van der Waals surface area contributed by atoms with Gasteiger partial charge in [0.15, 0.2) is 0 Å². The van der Waals surface area contributed by atoms with Crippen LogP contribution in [0.25, 0.3) is 6.08 Å². The summed E-state index contributed by atoms with van der Waals surface area (Å²) in [6.07, 6.45) is 11.0. The number of nitrogens with zero attached hydrogens (tertiary/aromatic N) is 3. The summed E-state index contributed by atoms with van der Waals surface area (Å²) in [5.41, 5.74) is 6.73. The van der Waals surface area contributed by atoms with Crippen LogP contribution >= 0.6 is 0 Å². The molecule has 2 aromatic rings. The first-order chi connectivity index (χ1) is 31.1. The van der Waals surface area contributed by atoms with Gasteiger partial charge in [-0.2, -0.15) is 0 Å². The van der Waals surface area contributed by atoms with E-state index >= 15 is 0 Å². The number of primary amides is 1. The molecule has 2 aliphatic rings. The highest BCUT2D eigenvalue weighted by Crippen LogP contribution is 2.28. The first-order valence-electron chi connectivity index (χ1n) is 22.4. The number of likely N-dealkylation sites (tertiary alicyclic amines) is 1. The molecule has 18 heteroatoms. The summed E-state index contributed by atoms with van der Waals surface area (Å²) in [6.45, 7) is 3.86. The van der Waals surface area contributed by atoms with Crippen LogP contribution in [0.1, 0.15) is 102 Å². The molecular formula is C47H64N8O10. The Morgan fingerprint density at radius 3 is 2.20 bits per heavy atom. The zero-order valence-electron chi connectivity index (χ0n) is 37.5. The fraction of sp³-hybridized carbons (Fsp3) is 0.532. The van der Waals surface area contributed by atoms with Gasteiger partial charge in [0.05, 0.1) is 0 Å². The van der Waals surface area contributed by atoms with Crippen molar-refractivity contribution in [1.82, 2.24) is 36.1 Å². The maximum Gasteiger partial charge on any atom is 0.326 e. The van der Waals surface area contributed by atoms with Crippen molar-refractivity contribution in [3.63, 3.8) is 0 Å². The molecule has 0 unspecified atom stereocenters. The van der Waals surface area contributed by atoms with Gasteiger partial charge in [0, 0.05) is 51.3 Å². The number of benzene rings is 1. The summed E-state index contributed by atoms with van der Waals surface area (Å²) >= 11 is 0. The molecule has 0 bridgehead atoms. The van der Waals surface area contributed by atoms with Crippen LogP contribution in [0.3, 0.4) is 0 Å². The van der Waals surface area contributed by atoms with Crippen LogP contribution in [-0.4, -0.2) is 123 Å². The predicted molar refractivity (Wildman–Crippen MR) is 240 cm³/mol. The molecule has 4 rings (SSSR count). The third kappa shape index (κ3) is 16.2. The Bertz CT molecular complexity index is 1990. The van der Waals surface area contributed by atoms with E-state index in [4.69, 9.17) is 5.73 Å². The molecule has 1 aromatic heterocycles. The molecule has 352 valence electrons. The molecule has 6 atom stereocenters. The average molecular weight is 901 g/mol. The van der Waals surface area contributed by atoms with Gasteiger partial charge in [-0.25, -0.2) is 4.79 Å². The predicted octanol–water partition coefficient (Wildman–Crippen LogP) is 2.05. The minimum absolute atomic E-state index is 0.0294. The molecule has 1 aromatic carbocycles. The summed E-state index contributed by atoms with van der Waals surface area (Å²) in [5.74, 6) is -6.14. The summed E-state index contributed by atoms with van der Waals surface area (Å²) in [7, 11) is 1.33. The van der Waals surface area contributed by atoms with Crippen molar-refractivity contribution in [2.24, 2.45) is 17.6 Å². The largest absolute Gasteiger partial charge is 0.480 e. The van der Waals surface area contributed by atoms with Crippen LogP contribution in [-0.2, 0) is 49.6 Å². The Hall–Kier alpha value is -6.46. The van der Waals surface area contributed by atoms with Crippen LogP contribution in [0.4, 0.5) is 0 Å². The number of hydrogen-bond acceptors (Lipinski definition) is 10. The van der Waals surface area contributed by atoms with E-state index in [0.29, 0.717) is 23.8 Å². The number of carboxylic acid groups (broad SMARTS) is 1. The van der Waals surface area contributed by atoms with Crippen LogP contribution in [0.2, 0.25) is 0 Å². The molecule has 1 saturated carbocycles. The number of rotatable bonds is 24. The maximum atomic E-state index is 14.5. The highest BCUT2D eigenvalue weighted by atomic mass is 16.4. The quantitative estimate of drug-likeness (QED) is 0.0656.